The van der Waals surface area contributed by atoms with Crippen LogP contribution in [0.3, 0.4) is 0 Å². The highest BCUT2D eigenvalue weighted by atomic mass is 13.4. The van der Waals surface area contributed by atoms with Crippen molar-refractivity contribution in [3.8, 4) is 0 Å². The van der Waals surface area contributed by atoms with Crippen LogP contribution in [0.15, 0.2) is 18.9 Å². The molecule has 0 rings (SSSR count). The molecule has 84 valence electrons. The molecule has 0 aliphatic carbocycles. The van der Waals surface area contributed by atoms with Crippen LogP contribution in [-0.4, -0.2) is 0 Å². The average Bonchev–Trinajstić information content (AvgIpc) is 2.14. The maximum absolute atomic E-state index is 3.12. The van der Waals surface area contributed by atoms with Crippen LogP contribution in [0, 0.1) is 0 Å². The van der Waals surface area contributed by atoms with E-state index in [1.54, 1.807) is 0 Å². The van der Waals surface area contributed by atoms with Crippen molar-refractivity contribution in [2.24, 2.45) is 0 Å². The topological polar surface area (TPSA) is 0 Å². The van der Waals surface area contributed by atoms with Gasteiger partial charge in [-0.15, -0.1) is 5.73 Å². The third kappa shape index (κ3) is 4530. The molecule has 0 bridgehead atoms. The van der Waals surface area contributed by atoms with Gasteiger partial charge < -0.3 is 0 Å². The van der Waals surface area contributed by atoms with Crippen molar-refractivity contribution in [3.05, 3.63) is 18.9 Å². The normalized spacial score (nSPS) is 4.31. The van der Waals surface area contributed by atoms with Gasteiger partial charge in [-0.05, 0) is 0 Å². The van der Waals surface area contributed by atoms with E-state index >= 15 is 0 Å². The first-order valence-corrected chi connectivity index (χ1v) is 5.54. The predicted molar refractivity (Wildman–Crippen MR) is 69.4 cm³/mol. The van der Waals surface area contributed by atoms with E-state index in [-0.39, 0.29) is 0 Å². The van der Waals surface area contributed by atoms with E-state index < -0.39 is 0 Å². The number of rotatable bonds is 0. The van der Waals surface area contributed by atoms with E-state index in [0.717, 1.165) is 0 Å². The van der Waals surface area contributed by atoms with Crippen LogP contribution < -0.4 is 0 Å². The van der Waals surface area contributed by atoms with Gasteiger partial charge in [0.25, 0.3) is 0 Å². The quantitative estimate of drug-likeness (QED) is 0.419. The van der Waals surface area contributed by atoms with Gasteiger partial charge in [-0.1, -0.05) is 81.4 Å². The molecule has 0 nitrogen and oxygen atoms in total. The Hall–Kier alpha value is -0.480. The summed E-state index contributed by atoms with van der Waals surface area (Å²) in [7, 11) is 0. The van der Waals surface area contributed by atoms with Crippen molar-refractivity contribution < 1.29 is 0 Å². The Kier molecular flexibility index (Phi) is 454. The molecule has 0 atom stereocenters. The van der Waals surface area contributed by atoms with Gasteiger partial charge in [0.1, 0.15) is 0 Å². The Labute approximate surface area is 87.8 Å². The summed E-state index contributed by atoms with van der Waals surface area (Å²) in [6, 6.07) is 0. The molecule has 0 amide bonds. The Morgan fingerprint density at radius 1 is 0.692 bits per heavy atom. The number of hydrogen-bond acceptors (Lipinski definition) is 0. The largest absolute Gasteiger partial charge is 0.137 e. The van der Waals surface area contributed by atoms with E-state index in [4.69, 9.17) is 0 Å². The third-order valence-corrected chi connectivity index (χ3v) is 0. The smallest absolute Gasteiger partial charge is 0.0572 e. The molecular weight excluding hydrogens is 156 g/mol. The van der Waals surface area contributed by atoms with Gasteiger partial charge in [0.15, 0.2) is 0 Å². The second-order valence-corrected chi connectivity index (χ2v) is 1.66. The molecule has 0 spiro atoms. The monoisotopic (exact) mass is 188 g/mol. The Morgan fingerprint density at radius 3 is 0.692 bits per heavy atom. The van der Waals surface area contributed by atoms with Crippen LogP contribution in [0.25, 0.3) is 0 Å². The summed E-state index contributed by atoms with van der Waals surface area (Å²) in [5.41, 5.74) is 2.25. The SMILES string of the molecule is C=C=C.CC.CC.CCC.CCC. The second kappa shape index (κ2) is 201. The van der Waals surface area contributed by atoms with Gasteiger partial charge in [0, 0.05) is 0 Å². The van der Waals surface area contributed by atoms with Crippen LogP contribution in [0.2, 0.25) is 0 Å². The Bertz CT molecular complexity index is 36.0. The summed E-state index contributed by atoms with van der Waals surface area (Å²) in [6.07, 6.45) is 2.50. The summed E-state index contributed by atoms with van der Waals surface area (Å²) < 4.78 is 0. The Balaban J connectivity index is -0.0000000208. The maximum atomic E-state index is 3.12. The first-order chi connectivity index (χ1) is 6.24. The summed E-state index contributed by atoms with van der Waals surface area (Å²) in [4.78, 5) is 0. The molecule has 0 aromatic rings. The molecule has 0 aliphatic rings. The summed E-state index contributed by atoms with van der Waals surface area (Å²) in [5, 5.41) is 0. The van der Waals surface area contributed by atoms with E-state index in [1.165, 1.54) is 12.8 Å². The average molecular weight is 188 g/mol. The van der Waals surface area contributed by atoms with Gasteiger partial charge in [0.2, 0.25) is 0 Å². The molecule has 0 heteroatoms. The standard InChI is InChI=1S/2C3H8.C3H4.2C2H6/c3*1-3-2;2*1-2/h2*3H2,1-2H3;1-2H2;2*1-2H3. The van der Waals surface area contributed by atoms with Crippen molar-refractivity contribution in [2.75, 3.05) is 0 Å². The lowest BCUT2D eigenvalue weighted by atomic mass is 10.6. The molecular formula is C13H32. The fourth-order valence-electron chi connectivity index (χ4n) is 0. The Morgan fingerprint density at radius 2 is 0.692 bits per heavy atom. The van der Waals surface area contributed by atoms with Crippen molar-refractivity contribution in [2.45, 2.75) is 68.2 Å². The zero-order valence-corrected chi connectivity index (χ0v) is 11.3. The molecule has 0 saturated heterocycles. The summed E-state index contributed by atoms with van der Waals surface area (Å²) >= 11 is 0. The van der Waals surface area contributed by atoms with Crippen molar-refractivity contribution in [1.29, 1.82) is 0 Å². The molecule has 0 aromatic carbocycles. The maximum Gasteiger partial charge on any atom is -0.0572 e. The third-order valence-electron chi connectivity index (χ3n) is 0. The van der Waals surface area contributed by atoms with E-state index in [9.17, 15) is 0 Å². The lowest BCUT2D eigenvalue weighted by Crippen LogP contribution is -1.27. The molecule has 0 aromatic heterocycles. The van der Waals surface area contributed by atoms with Gasteiger partial charge in [-0.25, -0.2) is 0 Å². The molecule has 0 aliphatic heterocycles. The predicted octanol–water partition coefficient (Wildman–Crippen LogP) is 5.84. The van der Waals surface area contributed by atoms with Crippen LogP contribution in [0.4, 0.5) is 0 Å². The van der Waals surface area contributed by atoms with Crippen molar-refractivity contribution in [1.82, 2.24) is 0 Å². The fraction of sp³-hybridized carbons (Fsp3) is 0.769. The molecule has 0 saturated carbocycles. The highest BCUT2D eigenvalue weighted by molar-refractivity contribution is 4.51. The molecule has 0 fully saturated rings. The zero-order chi connectivity index (χ0) is 12.1. The van der Waals surface area contributed by atoms with Crippen LogP contribution in [0.1, 0.15) is 68.2 Å². The number of hydrogen-bond donors (Lipinski definition) is 0. The van der Waals surface area contributed by atoms with E-state index in [2.05, 4.69) is 46.6 Å². The van der Waals surface area contributed by atoms with Crippen LogP contribution in [-0.2, 0) is 0 Å². The van der Waals surface area contributed by atoms with Gasteiger partial charge in [0.05, 0.1) is 0 Å². The highest BCUT2D eigenvalue weighted by Crippen LogP contribution is 1.56. The highest BCUT2D eigenvalue weighted by Gasteiger charge is 1.36. The second-order valence-electron chi connectivity index (χ2n) is 1.66. The molecule has 0 radical (unpaired) electrons. The van der Waals surface area contributed by atoms with E-state index in [0.29, 0.717) is 0 Å². The lowest BCUT2D eigenvalue weighted by molar-refractivity contribution is 1.09. The fourth-order valence-corrected chi connectivity index (χ4v) is 0. The van der Waals surface area contributed by atoms with Crippen LogP contribution >= 0.6 is 0 Å². The van der Waals surface area contributed by atoms with Gasteiger partial charge >= 0.3 is 0 Å². The van der Waals surface area contributed by atoms with Crippen molar-refractivity contribution in [3.63, 3.8) is 0 Å². The minimum atomic E-state index is 1.25. The van der Waals surface area contributed by atoms with Crippen molar-refractivity contribution >= 4 is 0 Å². The first kappa shape index (κ1) is 29.4. The van der Waals surface area contributed by atoms with Crippen LogP contribution in [0.5, 0.6) is 0 Å². The molecule has 0 unspecified atom stereocenters. The summed E-state index contributed by atoms with van der Waals surface area (Å²) in [5.74, 6) is 0. The summed E-state index contributed by atoms with van der Waals surface area (Å²) in [6.45, 7) is 22.8. The minimum absolute atomic E-state index is 1.25. The molecule has 13 heavy (non-hydrogen) atoms. The van der Waals surface area contributed by atoms with E-state index in [1.807, 2.05) is 27.7 Å². The molecule has 0 N–H and O–H groups in total. The lowest BCUT2D eigenvalue weighted by Gasteiger charge is -1.48. The van der Waals surface area contributed by atoms with Gasteiger partial charge in [-0.3, -0.25) is 0 Å². The first-order valence-electron chi connectivity index (χ1n) is 5.54. The van der Waals surface area contributed by atoms with Gasteiger partial charge in [-0.2, -0.15) is 0 Å². The zero-order valence-electron chi connectivity index (χ0n) is 11.3. The minimum Gasteiger partial charge on any atom is -0.137 e. The molecule has 0 heterocycles.